The SMILES string of the molecule is CN1CC(=O)N(c2ccc(N[C@H]3CC[C@H](Nc4noc(C5(O)CC5)n4)C3)nc2)C1=O. The van der Waals surface area contributed by atoms with Crippen LogP contribution in [0.2, 0.25) is 0 Å². The van der Waals surface area contributed by atoms with E-state index in [1.54, 1.807) is 19.2 Å². The molecule has 0 bridgehead atoms. The summed E-state index contributed by atoms with van der Waals surface area (Å²) in [6.45, 7) is 0.0798. The highest BCUT2D eigenvalue weighted by Gasteiger charge is 2.48. The summed E-state index contributed by atoms with van der Waals surface area (Å²) in [5.74, 6) is 1.12. The normalized spacial score (nSPS) is 25.1. The smallest absolute Gasteiger partial charge is 0.331 e. The van der Waals surface area contributed by atoms with Crippen molar-refractivity contribution in [1.29, 1.82) is 0 Å². The number of likely N-dealkylation sites (N-methyl/N-ethyl adjacent to an activating group) is 1. The van der Waals surface area contributed by atoms with E-state index < -0.39 is 5.60 Å². The number of rotatable bonds is 6. The highest BCUT2D eigenvalue weighted by Crippen LogP contribution is 2.44. The molecule has 0 radical (unpaired) electrons. The van der Waals surface area contributed by atoms with Gasteiger partial charge in [0.05, 0.1) is 11.9 Å². The lowest BCUT2D eigenvalue weighted by Crippen LogP contribution is -2.31. The number of pyridine rings is 1. The first-order valence-corrected chi connectivity index (χ1v) is 10.0. The van der Waals surface area contributed by atoms with Gasteiger partial charge < -0.3 is 25.2 Å². The fraction of sp³-hybridized carbons (Fsp3) is 0.526. The van der Waals surface area contributed by atoms with E-state index in [9.17, 15) is 14.7 Å². The van der Waals surface area contributed by atoms with Gasteiger partial charge in [-0.2, -0.15) is 4.98 Å². The van der Waals surface area contributed by atoms with Crippen molar-refractivity contribution in [3.63, 3.8) is 0 Å². The van der Waals surface area contributed by atoms with E-state index in [4.69, 9.17) is 4.52 Å². The zero-order chi connectivity index (χ0) is 20.9. The van der Waals surface area contributed by atoms with Crippen LogP contribution in [0.3, 0.4) is 0 Å². The Labute approximate surface area is 172 Å². The van der Waals surface area contributed by atoms with E-state index in [-0.39, 0.29) is 36.5 Å². The van der Waals surface area contributed by atoms with Crippen molar-refractivity contribution in [2.75, 3.05) is 29.1 Å². The number of aliphatic hydroxyl groups is 1. The number of nitrogens with one attached hydrogen (secondary N) is 2. The van der Waals surface area contributed by atoms with Gasteiger partial charge in [-0.1, -0.05) is 0 Å². The number of anilines is 3. The van der Waals surface area contributed by atoms with Gasteiger partial charge in [-0.25, -0.2) is 14.7 Å². The molecule has 1 saturated heterocycles. The van der Waals surface area contributed by atoms with E-state index in [1.807, 2.05) is 0 Å². The Kier molecular flexibility index (Phi) is 4.35. The van der Waals surface area contributed by atoms with E-state index in [0.29, 0.717) is 30.3 Å². The zero-order valence-corrected chi connectivity index (χ0v) is 16.5. The van der Waals surface area contributed by atoms with Crippen LogP contribution in [0.15, 0.2) is 22.9 Å². The molecule has 3 heterocycles. The van der Waals surface area contributed by atoms with Crippen molar-refractivity contribution in [3.8, 4) is 0 Å². The number of urea groups is 1. The lowest BCUT2D eigenvalue weighted by Gasteiger charge is -2.16. The number of hydrogen-bond donors (Lipinski definition) is 3. The molecule has 11 heteroatoms. The largest absolute Gasteiger partial charge is 0.380 e. The quantitative estimate of drug-likeness (QED) is 0.598. The Morgan fingerprint density at radius 2 is 1.97 bits per heavy atom. The van der Waals surface area contributed by atoms with Crippen molar-refractivity contribution < 1.29 is 19.2 Å². The van der Waals surface area contributed by atoms with Crippen molar-refractivity contribution in [2.24, 2.45) is 0 Å². The van der Waals surface area contributed by atoms with Gasteiger partial charge in [0.2, 0.25) is 0 Å². The molecule has 1 aliphatic heterocycles. The highest BCUT2D eigenvalue weighted by molar-refractivity contribution is 6.19. The predicted octanol–water partition coefficient (Wildman–Crippen LogP) is 1.29. The number of carbonyl (C=O) groups excluding carboxylic acids is 2. The van der Waals surface area contributed by atoms with Crippen LogP contribution >= 0.6 is 0 Å². The maximum absolute atomic E-state index is 12.1. The van der Waals surface area contributed by atoms with Crippen LogP contribution < -0.4 is 15.5 Å². The number of hydrogen-bond acceptors (Lipinski definition) is 9. The minimum absolute atomic E-state index is 0.0798. The fourth-order valence-corrected chi connectivity index (χ4v) is 3.92. The average molecular weight is 413 g/mol. The lowest BCUT2D eigenvalue weighted by atomic mass is 10.2. The first-order chi connectivity index (χ1) is 14.4. The molecule has 0 spiro atoms. The summed E-state index contributed by atoms with van der Waals surface area (Å²) in [4.78, 5) is 35.2. The third-order valence-corrected chi connectivity index (χ3v) is 5.81. The van der Waals surface area contributed by atoms with Gasteiger partial charge in [0, 0.05) is 19.1 Å². The van der Waals surface area contributed by atoms with Gasteiger partial charge in [-0.15, -0.1) is 0 Å². The van der Waals surface area contributed by atoms with E-state index >= 15 is 0 Å². The van der Waals surface area contributed by atoms with Crippen LogP contribution in [0.25, 0.3) is 0 Å². The molecule has 0 unspecified atom stereocenters. The molecule has 0 aromatic carbocycles. The highest BCUT2D eigenvalue weighted by atomic mass is 16.5. The predicted molar refractivity (Wildman–Crippen MR) is 106 cm³/mol. The van der Waals surface area contributed by atoms with Crippen molar-refractivity contribution in [3.05, 3.63) is 24.2 Å². The molecule has 30 heavy (non-hydrogen) atoms. The summed E-state index contributed by atoms with van der Waals surface area (Å²) in [5.41, 5.74) is -0.458. The summed E-state index contributed by atoms with van der Waals surface area (Å²) in [6, 6.07) is 3.57. The first kappa shape index (κ1) is 18.8. The van der Waals surface area contributed by atoms with Crippen LogP contribution in [0.5, 0.6) is 0 Å². The van der Waals surface area contributed by atoms with Crippen LogP contribution in [0.4, 0.5) is 22.2 Å². The van der Waals surface area contributed by atoms with Gasteiger partial charge in [0.25, 0.3) is 17.7 Å². The Morgan fingerprint density at radius 1 is 1.20 bits per heavy atom. The van der Waals surface area contributed by atoms with Gasteiger partial charge >= 0.3 is 6.03 Å². The van der Waals surface area contributed by atoms with Crippen LogP contribution in [0.1, 0.15) is 38.0 Å². The third kappa shape index (κ3) is 3.45. The Balaban J connectivity index is 1.16. The average Bonchev–Trinajstić information content (AvgIpc) is 3.06. The van der Waals surface area contributed by atoms with Crippen molar-refractivity contribution in [1.82, 2.24) is 20.0 Å². The van der Waals surface area contributed by atoms with Crippen LogP contribution in [-0.2, 0) is 10.4 Å². The molecule has 2 saturated carbocycles. The molecular weight excluding hydrogens is 390 g/mol. The molecule has 2 aromatic rings. The molecule has 3 amide bonds. The van der Waals surface area contributed by atoms with E-state index in [2.05, 4.69) is 25.8 Å². The molecule has 5 rings (SSSR count). The maximum atomic E-state index is 12.1. The molecule has 2 aromatic heterocycles. The van der Waals surface area contributed by atoms with Gasteiger partial charge in [0.15, 0.2) is 0 Å². The molecule has 11 nitrogen and oxygen atoms in total. The Bertz CT molecular complexity index is 972. The van der Waals surface area contributed by atoms with Crippen LogP contribution in [0, 0.1) is 0 Å². The lowest BCUT2D eigenvalue weighted by molar-refractivity contribution is -0.116. The molecule has 3 aliphatic rings. The Hall–Kier alpha value is -3.21. The summed E-state index contributed by atoms with van der Waals surface area (Å²) in [6.07, 6.45) is 5.59. The molecule has 3 N–H and O–H groups in total. The summed E-state index contributed by atoms with van der Waals surface area (Å²) in [7, 11) is 1.59. The Morgan fingerprint density at radius 3 is 2.60 bits per heavy atom. The molecule has 2 aliphatic carbocycles. The van der Waals surface area contributed by atoms with Crippen LogP contribution in [-0.4, -0.2) is 62.7 Å². The van der Waals surface area contributed by atoms with Crippen molar-refractivity contribution >= 4 is 29.4 Å². The second kappa shape index (κ2) is 6.94. The number of nitrogens with zero attached hydrogens (tertiary/aromatic N) is 5. The van der Waals surface area contributed by atoms with E-state index in [0.717, 1.165) is 24.2 Å². The van der Waals surface area contributed by atoms with Crippen molar-refractivity contribution in [2.45, 2.75) is 49.8 Å². The second-order valence-corrected chi connectivity index (χ2v) is 8.22. The van der Waals surface area contributed by atoms with Gasteiger partial charge in [-0.3, -0.25) is 4.79 Å². The number of aromatic nitrogens is 3. The zero-order valence-electron chi connectivity index (χ0n) is 16.5. The minimum Gasteiger partial charge on any atom is -0.380 e. The first-order valence-electron chi connectivity index (χ1n) is 10.0. The maximum Gasteiger partial charge on any atom is 0.331 e. The third-order valence-electron chi connectivity index (χ3n) is 5.81. The number of carbonyl (C=O) groups is 2. The number of imide groups is 1. The van der Waals surface area contributed by atoms with Gasteiger partial charge in [-0.05, 0) is 49.4 Å². The summed E-state index contributed by atoms with van der Waals surface area (Å²) in [5, 5.41) is 20.6. The number of amides is 3. The standard InChI is InChI=1S/C19H23N7O4/c1-25-10-15(27)26(18(25)28)13-4-5-14(20-9-13)21-11-2-3-12(8-11)22-17-23-16(30-24-17)19(29)6-7-19/h4-5,9,11-12,29H,2-3,6-8,10H2,1H3,(H,20,21)(H,22,24)/t11-,12-/m0/s1. The topological polar surface area (TPSA) is 137 Å². The fourth-order valence-electron chi connectivity index (χ4n) is 3.92. The minimum atomic E-state index is -0.926. The molecular formula is C19H23N7O4. The van der Waals surface area contributed by atoms with E-state index in [1.165, 1.54) is 11.1 Å². The second-order valence-electron chi connectivity index (χ2n) is 8.22. The summed E-state index contributed by atoms with van der Waals surface area (Å²) >= 11 is 0. The molecule has 2 atom stereocenters. The van der Waals surface area contributed by atoms with Gasteiger partial charge in [0.1, 0.15) is 18.0 Å². The molecule has 3 fully saturated rings. The molecule has 158 valence electrons. The monoisotopic (exact) mass is 413 g/mol. The summed E-state index contributed by atoms with van der Waals surface area (Å²) < 4.78 is 5.15.